The third-order valence-electron chi connectivity index (χ3n) is 5.43. The van der Waals surface area contributed by atoms with Crippen LogP contribution in [0.4, 0.5) is 0 Å². The molecule has 2 heteroatoms. The molecule has 0 saturated heterocycles. The zero-order chi connectivity index (χ0) is 22.0. The Hall–Kier alpha value is -1.83. The van der Waals surface area contributed by atoms with Crippen LogP contribution in [0.2, 0.25) is 0 Å². The van der Waals surface area contributed by atoms with E-state index in [0.717, 1.165) is 31.2 Å². The molecule has 1 rings (SSSR count). The lowest BCUT2D eigenvalue weighted by molar-refractivity contribution is -0.134. The molecule has 0 atom stereocenters. The second kappa shape index (κ2) is 16.9. The molecule has 1 aromatic carbocycles. The van der Waals surface area contributed by atoms with Gasteiger partial charge >= 0.3 is 5.97 Å². The van der Waals surface area contributed by atoms with Crippen LogP contribution in [-0.2, 0) is 4.79 Å². The third-order valence-corrected chi connectivity index (χ3v) is 5.43. The summed E-state index contributed by atoms with van der Waals surface area (Å²) >= 11 is 0. The Kier molecular flexibility index (Phi) is 14.8. The van der Waals surface area contributed by atoms with Crippen LogP contribution in [0.15, 0.2) is 42.5 Å². The zero-order valence-electron chi connectivity index (χ0n) is 19.9. The van der Waals surface area contributed by atoms with E-state index in [1.165, 1.54) is 50.5 Å². The van der Waals surface area contributed by atoms with Crippen molar-refractivity contribution < 1.29 is 9.53 Å². The van der Waals surface area contributed by atoms with Crippen LogP contribution in [0.5, 0.6) is 5.75 Å². The Morgan fingerprint density at radius 1 is 0.900 bits per heavy atom. The zero-order valence-corrected chi connectivity index (χ0v) is 19.9. The second-order valence-corrected chi connectivity index (χ2v) is 8.63. The molecule has 0 unspecified atom stereocenters. The van der Waals surface area contributed by atoms with Gasteiger partial charge in [-0.3, -0.25) is 4.79 Å². The number of hydrogen-bond donors (Lipinski definition) is 0. The summed E-state index contributed by atoms with van der Waals surface area (Å²) in [4.78, 5) is 12.1. The minimum absolute atomic E-state index is 0.107. The first-order chi connectivity index (χ1) is 14.5. The standard InChI is InChI=1S/C28H44O2/c1-5-6-7-8-9-10-11-12-13-14-15-16-17-18-19-20-28(29)30-27-23-26(24(2)3)22-21-25(27)4/h9-10,12-13,21-24H,5-8,11,14-20H2,1-4H3/b10-9-,13-12-. The van der Waals surface area contributed by atoms with E-state index in [0.29, 0.717) is 18.1 Å². The van der Waals surface area contributed by atoms with Crippen LogP contribution < -0.4 is 4.74 Å². The van der Waals surface area contributed by atoms with Crippen LogP contribution in [0, 0.1) is 6.92 Å². The highest BCUT2D eigenvalue weighted by atomic mass is 16.5. The molecule has 0 aliphatic rings. The molecule has 30 heavy (non-hydrogen) atoms. The van der Waals surface area contributed by atoms with Crippen molar-refractivity contribution in [2.45, 2.75) is 111 Å². The minimum atomic E-state index is -0.107. The fourth-order valence-electron chi connectivity index (χ4n) is 3.34. The van der Waals surface area contributed by atoms with E-state index in [4.69, 9.17) is 4.74 Å². The number of ether oxygens (including phenoxy) is 1. The number of unbranched alkanes of at least 4 members (excludes halogenated alkanes) is 8. The summed E-state index contributed by atoms with van der Waals surface area (Å²) in [5, 5.41) is 0. The SMILES string of the molecule is CCCCC/C=C\C/C=C\CCCCCCCC(=O)Oc1cc(C(C)C)ccc1C. The van der Waals surface area contributed by atoms with Gasteiger partial charge in [0.2, 0.25) is 0 Å². The molecule has 0 aromatic heterocycles. The lowest BCUT2D eigenvalue weighted by Gasteiger charge is -2.11. The van der Waals surface area contributed by atoms with Gasteiger partial charge in [0.1, 0.15) is 5.75 Å². The summed E-state index contributed by atoms with van der Waals surface area (Å²) in [5.74, 6) is 1.04. The second-order valence-electron chi connectivity index (χ2n) is 8.63. The Balaban J connectivity index is 2.04. The molecule has 0 fully saturated rings. The number of rotatable bonds is 16. The first-order valence-corrected chi connectivity index (χ1v) is 12.2. The molecule has 0 spiro atoms. The van der Waals surface area contributed by atoms with E-state index >= 15 is 0 Å². The van der Waals surface area contributed by atoms with E-state index in [1.54, 1.807) is 0 Å². The Morgan fingerprint density at radius 2 is 1.53 bits per heavy atom. The van der Waals surface area contributed by atoms with Crippen molar-refractivity contribution >= 4 is 5.97 Å². The molecule has 168 valence electrons. The summed E-state index contributed by atoms with van der Waals surface area (Å²) in [6.45, 7) is 8.54. The summed E-state index contributed by atoms with van der Waals surface area (Å²) in [5.41, 5.74) is 2.23. The first-order valence-electron chi connectivity index (χ1n) is 12.2. The van der Waals surface area contributed by atoms with E-state index in [-0.39, 0.29) is 5.97 Å². The van der Waals surface area contributed by atoms with Crippen molar-refractivity contribution in [2.24, 2.45) is 0 Å². The van der Waals surface area contributed by atoms with Gasteiger partial charge in [-0.05, 0) is 68.6 Å². The number of allylic oxidation sites excluding steroid dienone is 4. The Morgan fingerprint density at radius 3 is 2.20 bits per heavy atom. The fourth-order valence-corrected chi connectivity index (χ4v) is 3.34. The van der Waals surface area contributed by atoms with Crippen molar-refractivity contribution in [3.8, 4) is 5.75 Å². The molecule has 0 amide bonds. The van der Waals surface area contributed by atoms with Crippen molar-refractivity contribution in [1.29, 1.82) is 0 Å². The Labute approximate surface area is 185 Å². The predicted molar refractivity (Wildman–Crippen MR) is 130 cm³/mol. The van der Waals surface area contributed by atoms with Gasteiger partial charge in [0.15, 0.2) is 0 Å². The maximum Gasteiger partial charge on any atom is 0.311 e. The third kappa shape index (κ3) is 12.7. The molecule has 0 saturated carbocycles. The number of benzene rings is 1. The van der Waals surface area contributed by atoms with Crippen LogP contribution in [0.3, 0.4) is 0 Å². The van der Waals surface area contributed by atoms with Gasteiger partial charge in [-0.1, -0.05) is 89.3 Å². The number of carbonyl (C=O) groups excluding carboxylic acids is 1. The van der Waals surface area contributed by atoms with Gasteiger partial charge in [0.05, 0.1) is 0 Å². The van der Waals surface area contributed by atoms with E-state index in [9.17, 15) is 4.79 Å². The van der Waals surface area contributed by atoms with Gasteiger partial charge in [-0.25, -0.2) is 0 Å². The number of esters is 1. The largest absolute Gasteiger partial charge is 0.426 e. The number of hydrogen-bond acceptors (Lipinski definition) is 2. The molecular weight excluding hydrogens is 368 g/mol. The monoisotopic (exact) mass is 412 g/mol. The Bertz CT molecular complexity index is 640. The molecule has 1 aromatic rings. The normalized spacial score (nSPS) is 11.8. The summed E-state index contributed by atoms with van der Waals surface area (Å²) in [6.07, 6.45) is 22.8. The van der Waals surface area contributed by atoms with Gasteiger partial charge in [-0.15, -0.1) is 0 Å². The van der Waals surface area contributed by atoms with Gasteiger partial charge in [-0.2, -0.15) is 0 Å². The molecule has 0 bridgehead atoms. The maximum atomic E-state index is 12.1. The number of carbonyl (C=O) groups is 1. The fraction of sp³-hybridized carbons (Fsp3) is 0.607. The lowest BCUT2D eigenvalue weighted by Crippen LogP contribution is -2.09. The highest BCUT2D eigenvalue weighted by molar-refractivity contribution is 5.72. The average molecular weight is 413 g/mol. The molecule has 2 nitrogen and oxygen atoms in total. The quantitative estimate of drug-likeness (QED) is 0.117. The minimum Gasteiger partial charge on any atom is -0.426 e. The summed E-state index contributed by atoms with van der Waals surface area (Å²) in [6, 6.07) is 6.15. The maximum absolute atomic E-state index is 12.1. The molecule has 0 heterocycles. The van der Waals surface area contributed by atoms with E-state index in [1.807, 2.05) is 19.1 Å². The van der Waals surface area contributed by atoms with Crippen molar-refractivity contribution in [1.82, 2.24) is 0 Å². The van der Waals surface area contributed by atoms with Crippen molar-refractivity contribution in [3.63, 3.8) is 0 Å². The molecule has 0 radical (unpaired) electrons. The van der Waals surface area contributed by atoms with Gasteiger partial charge < -0.3 is 4.74 Å². The highest BCUT2D eigenvalue weighted by Crippen LogP contribution is 2.24. The summed E-state index contributed by atoms with van der Waals surface area (Å²) in [7, 11) is 0. The topological polar surface area (TPSA) is 26.3 Å². The van der Waals surface area contributed by atoms with Crippen LogP contribution in [0.1, 0.15) is 115 Å². The van der Waals surface area contributed by atoms with E-state index in [2.05, 4.69) is 51.1 Å². The van der Waals surface area contributed by atoms with Crippen LogP contribution >= 0.6 is 0 Å². The molecule has 0 aliphatic carbocycles. The predicted octanol–water partition coefficient (Wildman–Crippen LogP) is 8.84. The van der Waals surface area contributed by atoms with Gasteiger partial charge in [0.25, 0.3) is 0 Å². The van der Waals surface area contributed by atoms with E-state index < -0.39 is 0 Å². The molecule has 0 aliphatic heterocycles. The number of aryl methyl sites for hydroxylation is 1. The average Bonchev–Trinajstić information content (AvgIpc) is 2.72. The molecular formula is C28H44O2. The van der Waals surface area contributed by atoms with Crippen molar-refractivity contribution in [3.05, 3.63) is 53.6 Å². The summed E-state index contributed by atoms with van der Waals surface area (Å²) < 4.78 is 5.60. The highest BCUT2D eigenvalue weighted by Gasteiger charge is 2.09. The first kappa shape index (κ1) is 26.2. The molecule has 0 N–H and O–H groups in total. The van der Waals surface area contributed by atoms with Crippen LogP contribution in [0.25, 0.3) is 0 Å². The lowest BCUT2D eigenvalue weighted by atomic mass is 10.0. The van der Waals surface area contributed by atoms with Gasteiger partial charge in [0, 0.05) is 6.42 Å². The van der Waals surface area contributed by atoms with Crippen LogP contribution in [-0.4, -0.2) is 5.97 Å². The van der Waals surface area contributed by atoms with Crippen molar-refractivity contribution in [2.75, 3.05) is 0 Å². The smallest absolute Gasteiger partial charge is 0.311 e.